The number of hydrogen-bond donors (Lipinski definition) is 3. The van der Waals surface area contributed by atoms with Gasteiger partial charge in [-0.3, -0.25) is 5.84 Å². The van der Waals surface area contributed by atoms with E-state index in [1.807, 2.05) is 0 Å². The fraction of sp³-hybridized carbons (Fsp3) is 0.333. The predicted molar refractivity (Wildman–Crippen MR) is 68.0 cm³/mol. The summed E-state index contributed by atoms with van der Waals surface area (Å²) in [5.74, 6) is 4.74. The number of nitrogen functional groups attached to an aromatic ring is 1. The Kier molecular flexibility index (Phi) is 5.47. The zero-order valence-electron chi connectivity index (χ0n) is 9.57. The molecule has 0 amide bonds. The number of benzene rings is 1. The Balaban J connectivity index is 2.56. The number of nitrogens with one attached hydrogen (secondary N) is 2. The molecular weight excluding hydrogens is 303 g/mol. The Morgan fingerprint density at radius 2 is 1.79 bits per heavy atom. The van der Waals surface area contributed by atoms with E-state index < -0.39 is 15.5 Å². The smallest absolute Gasteiger partial charge is 0.324 e. The van der Waals surface area contributed by atoms with Crippen molar-refractivity contribution in [3.05, 3.63) is 24.3 Å². The van der Waals surface area contributed by atoms with Gasteiger partial charge in [0.15, 0.2) is 0 Å². The molecule has 5 nitrogen and oxygen atoms in total. The van der Waals surface area contributed by atoms with Crippen LogP contribution in [0.25, 0.3) is 0 Å². The number of thioether (sulfide) groups is 1. The summed E-state index contributed by atoms with van der Waals surface area (Å²) in [6.07, 6.45) is 0. The first-order valence-corrected chi connectivity index (χ1v) is 7.48. The first-order chi connectivity index (χ1) is 8.74. The Morgan fingerprint density at radius 1 is 1.21 bits per heavy atom. The van der Waals surface area contributed by atoms with Gasteiger partial charge in [-0.05, 0) is 36.0 Å². The molecule has 19 heavy (non-hydrogen) atoms. The van der Waals surface area contributed by atoms with E-state index >= 15 is 0 Å². The third kappa shape index (κ3) is 5.68. The van der Waals surface area contributed by atoms with Gasteiger partial charge < -0.3 is 5.43 Å². The first-order valence-electron chi connectivity index (χ1n) is 5.01. The van der Waals surface area contributed by atoms with Crippen molar-refractivity contribution < 1.29 is 21.6 Å². The van der Waals surface area contributed by atoms with Crippen LogP contribution in [0.5, 0.6) is 0 Å². The molecule has 0 fully saturated rings. The van der Waals surface area contributed by atoms with Gasteiger partial charge in [-0.15, -0.1) is 0 Å². The number of rotatable bonds is 6. The molecule has 10 heteroatoms. The minimum Gasteiger partial charge on any atom is -0.324 e. The van der Waals surface area contributed by atoms with Crippen molar-refractivity contribution in [1.82, 2.24) is 4.72 Å². The average Bonchev–Trinajstić information content (AvgIpc) is 2.34. The largest absolute Gasteiger partial charge is 0.441 e. The lowest BCUT2D eigenvalue weighted by atomic mass is 10.3. The predicted octanol–water partition coefficient (Wildman–Crippen LogP) is 1.50. The van der Waals surface area contributed by atoms with Gasteiger partial charge in [0.1, 0.15) is 0 Å². The normalized spacial score (nSPS) is 12.4. The summed E-state index contributed by atoms with van der Waals surface area (Å²) >= 11 is -0.278. The number of halogens is 3. The molecule has 0 saturated heterocycles. The molecule has 0 bridgehead atoms. The topological polar surface area (TPSA) is 84.2 Å². The fourth-order valence-corrected chi connectivity index (χ4v) is 2.75. The molecule has 1 rings (SSSR count). The van der Waals surface area contributed by atoms with Crippen molar-refractivity contribution in [3.8, 4) is 0 Å². The molecule has 0 spiro atoms. The van der Waals surface area contributed by atoms with Gasteiger partial charge in [-0.25, -0.2) is 13.1 Å². The Bertz CT molecular complexity index is 502. The Hall–Kier alpha value is -0.970. The van der Waals surface area contributed by atoms with Crippen LogP contribution in [0.3, 0.4) is 0 Å². The lowest BCUT2D eigenvalue weighted by Crippen LogP contribution is -2.26. The summed E-state index contributed by atoms with van der Waals surface area (Å²) < 4.78 is 61.0. The molecule has 0 atom stereocenters. The van der Waals surface area contributed by atoms with Gasteiger partial charge in [-0.2, -0.15) is 13.2 Å². The lowest BCUT2D eigenvalue weighted by Gasteiger charge is -2.08. The average molecular weight is 315 g/mol. The van der Waals surface area contributed by atoms with Crippen LogP contribution in [0.2, 0.25) is 0 Å². The number of hydrazine groups is 1. The van der Waals surface area contributed by atoms with E-state index in [2.05, 4.69) is 10.1 Å². The molecule has 1 aromatic carbocycles. The maximum absolute atomic E-state index is 11.8. The van der Waals surface area contributed by atoms with Gasteiger partial charge in [0.2, 0.25) is 10.0 Å². The maximum Gasteiger partial charge on any atom is 0.441 e. The van der Waals surface area contributed by atoms with Crippen LogP contribution in [-0.4, -0.2) is 26.2 Å². The van der Waals surface area contributed by atoms with Gasteiger partial charge in [0, 0.05) is 18.0 Å². The van der Waals surface area contributed by atoms with Gasteiger partial charge in [0.05, 0.1) is 4.90 Å². The second kappa shape index (κ2) is 6.46. The summed E-state index contributed by atoms with van der Waals surface area (Å²) in [7, 11) is -3.80. The molecule has 0 unspecified atom stereocenters. The minimum atomic E-state index is -4.36. The highest BCUT2D eigenvalue weighted by Gasteiger charge is 2.27. The van der Waals surface area contributed by atoms with E-state index in [0.29, 0.717) is 5.69 Å². The maximum atomic E-state index is 11.8. The summed E-state index contributed by atoms with van der Waals surface area (Å²) in [4.78, 5) is -0.0384. The zero-order chi connectivity index (χ0) is 14.5. The first kappa shape index (κ1) is 16.1. The van der Waals surface area contributed by atoms with Crippen molar-refractivity contribution in [2.24, 2.45) is 5.84 Å². The number of hydrogen-bond acceptors (Lipinski definition) is 5. The van der Waals surface area contributed by atoms with Crippen LogP contribution in [0.15, 0.2) is 29.2 Å². The molecular formula is C9H12F3N3O2S2. The SMILES string of the molecule is NNc1ccc(S(=O)(=O)NCCSC(F)(F)F)cc1. The molecule has 0 heterocycles. The third-order valence-electron chi connectivity index (χ3n) is 1.99. The summed E-state index contributed by atoms with van der Waals surface area (Å²) in [5.41, 5.74) is -1.51. The number of alkyl halides is 3. The molecule has 108 valence electrons. The summed E-state index contributed by atoms with van der Waals surface area (Å²) in [5, 5.41) is 0. The quantitative estimate of drug-likeness (QED) is 0.421. The molecule has 0 aliphatic rings. The van der Waals surface area contributed by atoms with Crippen LogP contribution >= 0.6 is 11.8 Å². The monoisotopic (exact) mass is 315 g/mol. The Morgan fingerprint density at radius 3 is 2.26 bits per heavy atom. The van der Waals surface area contributed by atoms with Crippen molar-refractivity contribution >= 4 is 27.5 Å². The van der Waals surface area contributed by atoms with Crippen molar-refractivity contribution in [3.63, 3.8) is 0 Å². The van der Waals surface area contributed by atoms with Crippen LogP contribution in [0, 0.1) is 0 Å². The van der Waals surface area contributed by atoms with Gasteiger partial charge in [0.25, 0.3) is 0 Å². The molecule has 1 aromatic rings. The molecule has 0 saturated carbocycles. The fourth-order valence-electron chi connectivity index (χ4n) is 1.16. The van der Waals surface area contributed by atoms with E-state index in [1.54, 1.807) is 0 Å². The van der Waals surface area contributed by atoms with Crippen molar-refractivity contribution in [2.75, 3.05) is 17.7 Å². The van der Waals surface area contributed by atoms with Crippen LogP contribution in [-0.2, 0) is 10.0 Å². The number of sulfonamides is 1. The highest BCUT2D eigenvalue weighted by Crippen LogP contribution is 2.29. The van der Waals surface area contributed by atoms with Crippen LogP contribution < -0.4 is 16.0 Å². The van der Waals surface area contributed by atoms with Crippen molar-refractivity contribution in [1.29, 1.82) is 0 Å². The van der Waals surface area contributed by atoms with Crippen molar-refractivity contribution in [2.45, 2.75) is 10.4 Å². The molecule has 4 N–H and O–H groups in total. The molecule has 0 aromatic heterocycles. The second-order valence-electron chi connectivity index (χ2n) is 3.36. The second-order valence-corrected chi connectivity index (χ2v) is 6.29. The highest BCUT2D eigenvalue weighted by molar-refractivity contribution is 8.00. The standard InChI is InChI=1S/C9H12F3N3O2S2/c10-9(11,12)18-6-5-14-19(16,17)8-3-1-7(15-13)2-4-8/h1-4,14-15H,5-6,13H2. The summed E-state index contributed by atoms with van der Waals surface area (Å²) in [6, 6.07) is 5.49. The minimum absolute atomic E-state index is 0.0384. The van der Waals surface area contributed by atoms with E-state index in [4.69, 9.17) is 5.84 Å². The molecule has 0 radical (unpaired) electrons. The van der Waals surface area contributed by atoms with E-state index in [0.717, 1.165) is 0 Å². The van der Waals surface area contributed by atoms with Gasteiger partial charge >= 0.3 is 5.51 Å². The van der Waals surface area contributed by atoms with E-state index in [9.17, 15) is 21.6 Å². The molecule has 0 aliphatic carbocycles. The molecule has 0 aliphatic heterocycles. The lowest BCUT2D eigenvalue weighted by molar-refractivity contribution is -0.0327. The summed E-state index contributed by atoms with van der Waals surface area (Å²) in [6.45, 7) is -0.302. The Labute approximate surface area is 112 Å². The third-order valence-corrected chi connectivity index (χ3v) is 4.20. The van der Waals surface area contributed by atoms with E-state index in [1.165, 1.54) is 24.3 Å². The van der Waals surface area contributed by atoms with Crippen LogP contribution in [0.1, 0.15) is 0 Å². The number of anilines is 1. The zero-order valence-corrected chi connectivity index (χ0v) is 11.2. The number of nitrogens with two attached hydrogens (primary N) is 1. The van der Waals surface area contributed by atoms with Gasteiger partial charge in [-0.1, -0.05) is 0 Å². The van der Waals surface area contributed by atoms with E-state index in [-0.39, 0.29) is 29.0 Å². The highest BCUT2D eigenvalue weighted by atomic mass is 32.2. The van der Waals surface area contributed by atoms with Crippen LogP contribution in [0.4, 0.5) is 18.9 Å².